The first-order chi connectivity index (χ1) is 11.7. The molecule has 1 aromatic heterocycles. The minimum atomic E-state index is -0.163. The van der Waals surface area contributed by atoms with Crippen LogP contribution in [0.5, 0.6) is 5.75 Å². The molecular weight excluding hydrogens is 306 g/mol. The third-order valence-corrected chi connectivity index (χ3v) is 3.49. The molecule has 24 heavy (non-hydrogen) atoms. The van der Waals surface area contributed by atoms with Crippen LogP contribution in [0.3, 0.4) is 0 Å². The monoisotopic (exact) mass is 323 g/mol. The number of rotatable bonds is 6. The van der Waals surface area contributed by atoms with E-state index in [-0.39, 0.29) is 11.9 Å². The first-order valence-corrected chi connectivity index (χ1v) is 7.56. The molecule has 1 amide bonds. The highest BCUT2D eigenvalue weighted by molar-refractivity contribution is 5.88. The van der Waals surface area contributed by atoms with Crippen LogP contribution in [0.2, 0.25) is 0 Å². The van der Waals surface area contributed by atoms with Crippen molar-refractivity contribution in [2.45, 2.75) is 12.8 Å². The minimum Gasteiger partial charge on any atom is -0.497 e. The standard InChI is InChI=1S/C18H17N3O3/c1-23-15-10-8-14(9-11-15)17-20-21-18(24-17)19-16(22)12-7-13-5-3-2-4-6-13/h2-6,8-11H,7,12H2,1H3,(H,19,21,22). The SMILES string of the molecule is COc1ccc(-c2nnc(NC(=O)CCc3ccccc3)o2)cc1. The Balaban J connectivity index is 1.58. The Labute approximate surface area is 139 Å². The smallest absolute Gasteiger partial charge is 0.322 e. The van der Waals surface area contributed by atoms with Crippen molar-refractivity contribution in [3.63, 3.8) is 0 Å². The molecule has 0 aliphatic rings. The van der Waals surface area contributed by atoms with Gasteiger partial charge in [-0.3, -0.25) is 10.1 Å². The third-order valence-electron chi connectivity index (χ3n) is 3.49. The van der Waals surface area contributed by atoms with Crippen LogP contribution in [-0.2, 0) is 11.2 Å². The second-order valence-corrected chi connectivity index (χ2v) is 5.17. The minimum absolute atomic E-state index is 0.0962. The second kappa shape index (κ2) is 7.41. The molecule has 6 nitrogen and oxygen atoms in total. The molecular formula is C18H17N3O3. The van der Waals surface area contributed by atoms with E-state index in [4.69, 9.17) is 9.15 Å². The molecule has 0 atom stereocenters. The van der Waals surface area contributed by atoms with Crippen LogP contribution in [0.4, 0.5) is 6.01 Å². The molecule has 1 N–H and O–H groups in total. The zero-order valence-electron chi connectivity index (χ0n) is 13.2. The van der Waals surface area contributed by atoms with Crippen LogP contribution in [-0.4, -0.2) is 23.2 Å². The summed E-state index contributed by atoms with van der Waals surface area (Å²) in [4.78, 5) is 12.0. The number of benzene rings is 2. The summed E-state index contributed by atoms with van der Waals surface area (Å²) in [5, 5.41) is 10.4. The Hall–Kier alpha value is -3.15. The third kappa shape index (κ3) is 3.98. The maximum atomic E-state index is 12.0. The summed E-state index contributed by atoms with van der Waals surface area (Å²) in [6.07, 6.45) is 1.01. The van der Waals surface area contributed by atoms with E-state index in [9.17, 15) is 4.79 Å². The molecule has 0 radical (unpaired) electrons. The van der Waals surface area contributed by atoms with Crippen molar-refractivity contribution in [3.05, 3.63) is 60.2 Å². The zero-order chi connectivity index (χ0) is 16.8. The zero-order valence-corrected chi connectivity index (χ0v) is 13.2. The fourth-order valence-electron chi connectivity index (χ4n) is 2.21. The largest absolute Gasteiger partial charge is 0.497 e. The lowest BCUT2D eigenvalue weighted by Gasteiger charge is -2.01. The van der Waals surface area contributed by atoms with Gasteiger partial charge in [0.25, 0.3) is 0 Å². The lowest BCUT2D eigenvalue weighted by Crippen LogP contribution is -2.12. The number of aromatic nitrogens is 2. The summed E-state index contributed by atoms with van der Waals surface area (Å²) in [6, 6.07) is 17.2. The van der Waals surface area contributed by atoms with Crippen molar-refractivity contribution < 1.29 is 13.9 Å². The molecule has 0 spiro atoms. The summed E-state index contributed by atoms with van der Waals surface area (Å²) < 4.78 is 10.6. The van der Waals surface area contributed by atoms with E-state index in [0.29, 0.717) is 18.7 Å². The average Bonchev–Trinajstić information content (AvgIpc) is 3.09. The summed E-state index contributed by atoms with van der Waals surface area (Å²) in [5.74, 6) is 0.924. The molecule has 0 bridgehead atoms. The number of nitrogens with one attached hydrogen (secondary N) is 1. The Morgan fingerprint density at radius 1 is 1.08 bits per heavy atom. The molecule has 3 rings (SSSR count). The Bertz CT molecular complexity index is 798. The number of amides is 1. The number of methoxy groups -OCH3 is 1. The van der Waals surface area contributed by atoms with Gasteiger partial charge in [-0.1, -0.05) is 35.4 Å². The molecule has 2 aromatic carbocycles. The van der Waals surface area contributed by atoms with Gasteiger partial charge in [-0.25, -0.2) is 0 Å². The van der Waals surface area contributed by atoms with Crippen molar-refractivity contribution in [1.29, 1.82) is 0 Å². The highest BCUT2D eigenvalue weighted by atomic mass is 16.5. The molecule has 0 aliphatic carbocycles. The van der Waals surface area contributed by atoms with Crippen LogP contribution in [0.1, 0.15) is 12.0 Å². The van der Waals surface area contributed by atoms with E-state index < -0.39 is 0 Å². The number of carbonyl (C=O) groups excluding carboxylic acids is 1. The van der Waals surface area contributed by atoms with E-state index in [2.05, 4.69) is 15.5 Å². The van der Waals surface area contributed by atoms with Crippen LogP contribution in [0.25, 0.3) is 11.5 Å². The molecule has 1 heterocycles. The fraction of sp³-hybridized carbons (Fsp3) is 0.167. The number of hydrogen-bond acceptors (Lipinski definition) is 5. The number of ether oxygens (including phenoxy) is 1. The molecule has 3 aromatic rings. The molecule has 0 saturated carbocycles. The lowest BCUT2D eigenvalue weighted by atomic mass is 10.1. The van der Waals surface area contributed by atoms with Gasteiger partial charge in [-0.2, -0.15) is 0 Å². The molecule has 0 saturated heterocycles. The van der Waals surface area contributed by atoms with Crippen molar-refractivity contribution in [3.8, 4) is 17.2 Å². The number of aryl methyl sites for hydroxylation is 1. The van der Waals surface area contributed by atoms with Crippen molar-refractivity contribution in [1.82, 2.24) is 10.2 Å². The van der Waals surface area contributed by atoms with Gasteiger partial charge in [0.1, 0.15) is 5.75 Å². The molecule has 0 aliphatic heterocycles. The van der Waals surface area contributed by atoms with Crippen molar-refractivity contribution in [2.75, 3.05) is 12.4 Å². The summed E-state index contributed by atoms with van der Waals surface area (Å²) in [5.41, 5.74) is 1.87. The predicted molar refractivity (Wildman–Crippen MR) is 89.7 cm³/mol. The predicted octanol–water partition coefficient (Wildman–Crippen LogP) is 3.32. The second-order valence-electron chi connectivity index (χ2n) is 5.17. The summed E-state index contributed by atoms with van der Waals surface area (Å²) in [6.45, 7) is 0. The first-order valence-electron chi connectivity index (χ1n) is 7.56. The Morgan fingerprint density at radius 3 is 2.54 bits per heavy atom. The highest BCUT2D eigenvalue weighted by Gasteiger charge is 2.11. The quantitative estimate of drug-likeness (QED) is 0.753. The van der Waals surface area contributed by atoms with E-state index in [0.717, 1.165) is 16.9 Å². The molecule has 0 unspecified atom stereocenters. The van der Waals surface area contributed by atoms with E-state index in [1.165, 1.54) is 0 Å². The van der Waals surface area contributed by atoms with Gasteiger partial charge in [0.15, 0.2) is 0 Å². The number of nitrogens with zero attached hydrogens (tertiary/aromatic N) is 2. The van der Waals surface area contributed by atoms with E-state index in [1.807, 2.05) is 42.5 Å². The summed E-state index contributed by atoms with van der Waals surface area (Å²) >= 11 is 0. The van der Waals surface area contributed by atoms with Gasteiger partial charge < -0.3 is 9.15 Å². The van der Waals surface area contributed by atoms with Gasteiger partial charge in [0.2, 0.25) is 11.8 Å². The lowest BCUT2D eigenvalue weighted by molar-refractivity contribution is -0.116. The average molecular weight is 323 g/mol. The van der Waals surface area contributed by atoms with Crippen molar-refractivity contribution in [2.24, 2.45) is 0 Å². The van der Waals surface area contributed by atoms with Crippen LogP contribution >= 0.6 is 0 Å². The van der Waals surface area contributed by atoms with Crippen molar-refractivity contribution >= 4 is 11.9 Å². The van der Waals surface area contributed by atoms with Crippen LogP contribution in [0.15, 0.2) is 59.0 Å². The van der Waals surface area contributed by atoms with E-state index >= 15 is 0 Å². The summed E-state index contributed by atoms with van der Waals surface area (Å²) in [7, 11) is 1.60. The van der Waals surface area contributed by atoms with Gasteiger partial charge in [0, 0.05) is 12.0 Å². The van der Waals surface area contributed by atoms with Crippen LogP contribution in [0, 0.1) is 0 Å². The van der Waals surface area contributed by atoms with Gasteiger partial charge in [0.05, 0.1) is 7.11 Å². The van der Waals surface area contributed by atoms with Crippen LogP contribution < -0.4 is 10.1 Å². The van der Waals surface area contributed by atoms with Gasteiger partial charge >= 0.3 is 6.01 Å². The number of anilines is 1. The normalized spacial score (nSPS) is 10.4. The molecule has 0 fully saturated rings. The maximum Gasteiger partial charge on any atom is 0.322 e. The fourth-order valence-corrected chi connectivity index (χ4v) is 2.21. The Morgan fingerprint density at radius 2 is 1.83 bits per heavy atom. The first kappa shape index (κ1) is 15.7. The molecule has 122 valence electrons. The van der Waals surface area contributed by atoms with E-state index in [1.54, 1.807) is 19.2 Å². The number of hydrogen-bond donors (Lipinski definition) is 1. The Kier molecular flexibility index (Phi) is 4.86. The maximum absolute atomic E-state index is 12.0. The number of carbonyl (C=O) groups is 1. The van der Waals surface area contributed by atoms with Gasteiger partial charge in [-0.15, -0.1) is 5.10 Å². The molecule has 6 heteroatoms. The highest BCUT2D eigenvalue weighted by Crippen LogP contribution is 2.22. The van der Waals surface area contributed by atoms with Gasteiger partial charge in [-0.05, 0) is 36.2 Å². The topological polar surface area (TPSA) is 77.3 Å².